The molecule has 0 saturated carbocycles. The van der Waals surface area contributed by atoms with Crippen LogP contribution in [0, 0.1) is 5.92 Å². The van der Waals surface area contributed by atoms with Crippen LogP contribution in [0.5, 0.6) is 0 Å². The van der Waals surface area contributed by atoms with Gasteiger partial charge < -0.3 is 9.47 Å². The lowest BCUT2D eigenvalue weighted by atomic mass is 9.78. The van der Waals surface area contributed by atoms with Crippen molar-refractivity contribution in [2.45, 2.75) is 25.1 Å². The summed E-state index contributed by atoms with van der Waals surface area (Å²) in [5, 5.41) is 0. The fraction of sp³-hybridized carbons (Fsp3) is 0.889. The van der Waals surface area contributed by atoms with Crippen molar-refractivity contribution in [2.24, 2.45) is 5.92 Å². The van der Waals surface area contributed by atoms with E-state index in [0.29, 0.717) is 5.92 Å². The average molecular weight is 182 g/mol. The molecule has 3 nitrogen and oxygen atoms in total. The first-order valence-electron chi connectivity index (χ1n) is 4.65. The van der Waals surface area contributed by atoms with E-state index < -0.39 is 5.82 Å². The lowest BCUT2D eigenvalue weighted by Gasteiger charge is -2.23. The van der Waals surface area contributed by atoms with E-state index in [4.69, 9.17) is 12.6 Å². The summed E-state index contributed by atoms with van der Waals surface area (Å²) >= 11 is 0. The minimum absolute atomic E-state index is 0.313. The second-order valence-corrected chi connectivity index (χ2v) is 3.42. The molecule has 72 valence electrons. The van der Waals surface area contributed by atoms with Gasteiger partial charge in [-0.05, 0) is 25.2 Å². The molecule has 1 aliphatic heterocycles. The molecule has 0 amide bonds. The highest BCUT2D eigenvalue weighted by Gasteiger charge is 2.20. The lowest BCUT2D eigenvalue weighted by molar-refractivity contribution is -0.141. The van der Waals surface area contributed by atoms with Gasteiger partial charge in [0, 0.05) is 19.0 Å². The molecule has 4 heteroatoms. The van der Waals surface area contributed by atoms with Crippen LogP contribution in [-0.2, 0) is 14.3 Å². The van der Waals surface area contributed by atoms with Crippen LogP contribution in [0.3, 0.4) is 0 Å². The van der Waals surface area contributed by atoms with Gasteiger partial charge in [-0.1, -0.05) is 0 Å². The Bertz CT molecular complexity index is 166. The highest BCUT2D eigenvalue weighted by atomic mass is 16.5. The van der Waals surface area contributed by atoms with E-state index in [0.717, 1.165) is 32.5 Å². The first-order chi connectivity index (χ1) is 6.24. The van der Waals surface area contributed by atoms with E-state index in [1.54, 1.807) is 0 Å². The molecule has 1 atom stereocenters. The number of esters is 1. The van der Waals surface area contributed by atoms with Crippen LogP contribution in [0.25, 0.3) is 0 Å². The van der Waals surface area contributed by atoms with E-state index in [1.807, 2.05) is 0 Å². The molecule has 1 aliphatic rings. The normalized spacial score (nSPS) is 21.0. The number of hydrogen-bond acceptors (Lipinski definition) is 3. The lowest BCUT2D eigenvalue weighted by Crippen LogP contribution is -2.20. The van der Waals surface area contributed by atoms with Crippen LogP contribution in [0.4, 0.5) is 0 Å². The minimum Gasteiger partial charge on any atom is -0.469 e. The van der Waals surface area contributed by atoms with Crippen LogP contribution >= 0.6 is 0 Å². The standard InChI is InChI=1S/C9H15BO3/c1-12-9(11)8(10)6-7-2-4-13-5-3-7/h7-8H,2-6H2,1H3. The minimum atomic E-state index is -0.465. The molecule has 1 rings (SSSR count). The van der Waals surface area contributed by atoms with Gasteiger partial charge in [0.05, 0.1) is 15.0 Å². The van der Waals surface area contributed by atoms with Gasteiger partial charge in [-0.2, -0.15) is 0 Å². The van der Waals surface area contributed by atoms with Crippen molar-refractivity contribution in [3.8, 4) is 0 Å². The molecule has 1 fully saturated rings. The molecule has 0 bridgehead atoms. The average Bonchev–Trinajstić information content (AvgIpc) is 2.18. The van der Waals surface area contributed by atoms with Crippen molar-refractivity contribution in [3.63, 3.8) is 0 Å². The smallest absolute Gasteiger partial charge is 0.299 e. The Kier molecular flexibility index (Phi) is 4.29. The van der Waals surface area contributed by atoms with E-state index in [2.05, 4.69) is 4.74 Å². The third-order valence-electron chi connectivity index (χ3n) is 2.43. The van der Waals surface area contributed by atoms with Gasteiger partial charge in [-0.3, -0.25) is 4.79 Å². The van der Waals surface area contributed by atoms with Crippen LogP contribution in [0.2, 0.25) is 5.82 Å². The van der Waals surface area contributed by atoms with Gasteiger partial charge in [0.1, 0.15) is 0 Å². The van der Waals surface area contributed by atoms with Crippen LogP contribution in [0.1, 0.15) is 19.3 Å². The Balaban J connectivity index is 2.25. The quantitative estimate of drug-likeness (QED) is 0.481. The molecule has 1 unspecified atom stereocenters. The Hall–Kier alpha value is -0.505. The van der Waals surface area contributed by atoms with Crippen molar-refractivity contribution in [1.82, 2.24) is 0 Å². The van der Waals surface area contributed by atoms with Crippen molar-refractivity contribution >= 4 is 13.8 Å². The monoisotopic (exact) mass is 182 g/mol. The van der Waals surface area contributed by atoms with E-state index in [1.165, 1.54) is 7.11 Å². The first-order valence-corrected chi connectivity index (χ1v) is 4.65. The van der Waals surface area contributed by atoms with Crippen molar-refractivity contribution in [3.05, 3.63) is 0 Å². The van der Waals surface area contributed by atoms with E-state index in [-0.39, 0.29) is 5.97 Å². The SMILES string of the molecule is [B]C(CC1CCOCC1)C(=O)OC. The maximum absolute atomic E-state index is 11.0. The van der Waals surface area contributed by atoms with Crippen LogP contribution < -0.4 is 0 Å². The summed E-state index contributed by atoms with van der Waals surface area (Å²) in [5.41, 5.74) is 0. The summed E-state index contributed by atoms with van der Waals surface area (Å²) in [6, 6.07) is 0. The molecule has 1 heterocycles. The molecular weight excluding hydrogens is 167 g/mol. The number of carbonyl (C=O) groups is 1. The molecule has 0 aromatic heterocycles. The number of ether oxygens (including phenoxy) is 2. The molecule has 0 aromatic carbocycles. The van der Waals surface area contributed by atoms with Crippen molar-refractivity contribution < 1.29 is 14.3 Å². The molecule has 1 saturated heterocycles. The van der Waals surface area contributed by atoms with E-state index >= 15 is 0 Å². The van der Waals surface area contributed by atoms with Gasteiger partial charge in [0.15, 0.2) is 0 Å². The summed E-state index contributed by atoms with van der Waals surface area (Å²) in [6.07, 6.45) is 2.73. The number of hydrogen-bond donors (Lipinski definition) is 0. The second kappa shape index (κ2) is 5.27. The van der Waals surface area contributed by atoms with Gasteiger partial charge in [0.25, 0.3) is 5.97 Å². The Morgan fingerprint density at radius 3 is 2.77 bits per heavy atom. The topological polar surface area (TPSA) is 35.5 Å². The van der Waals surface area contributed by atoms with Gasteiger partial charge >= 0.3 is 0 Å². The zero-order chi connectivity index (χ0) is 9.68. The van der Waals surface area contributed by atoms with E-state index in [9.17, 15) is 4.79 Å². The van der Waals surface area contributed by atoms with Crippen molar-refractivity contribution in [1.29, 1.82) is 0 Å². The largest absolute Gasteiger partial charge is 0.469 e. The third kappa shape index (κ3) is 3.39. The molecule has 0 N–H and O–H groups in total. The molecule has 13 heavy (non-hydrogen) atoms. The summed E-state index contributed by atoms with van der Waals surface area (Å²) in [4.78, 5) is 11.0. The Morgan fingerprint density at radius 1 is 1.62 bits per heavy atom. The molecule has 2 radical (unpaired) electrons. The summed E-state index contributed by atoms with van der Waals surface area (Å²) in [6.45, 7) is 1.58. The summed E-state index contributed by atoms with van der Waals surface area (Å²) in [7, 11) is 7.01. The van der Waals surface area contributed by atoms with Gasteiger partial charge in [-0.25, -0.2) is 0 Å². The predicted octanol–water partition coefficient (Wildman–Crippen LogP) is 0.933. The van der Waals surface area contributed by atoms with Crippen LogP contribution in [0.15, 0.2) is 0 Å². The maximum Gasteiger partial charge on any atom is 0.299 e. The zero-order valence-electron chi connectivity index (χ0n) is 7.99. The van der Waals surface area contributed by atoms with Gasteiger partial charge in [0.2, 0.25) is 0 Å². The third-order valence-corrected chi connectivity index (χ3v) is 2.43. The fourth-order valence-electron chi connectivity index (χ4n) is 1.59. The fourth-order valence-corrected chi connectivity index (χ4v) is 1.59. The number of rotatable bonds is 3. The van der Waals surface area contributed by atoms with Crippen molar-refractivity contribution in [2.75, 3.05) is 20.3 Å². The summed E-state index contributed by atoms with van der Waals surface area (Å²) < 4.78 is 9.77. The molecule has 0 spiro atoms. The van der Waals surface area contributed by atoms with Gasteiger partial charge in [-0.15, -0.1) is 0 Å². The highest BCUT2D eigenvalue weighted by Crippen LogP contribution is 2.24. The second-order valence-electron chi connectivity index (χ2n) is 3.42. The first kappa shape index (κ1) is 10.6. The molecular formula is C9H15BO3. The molecule has 0 aromatic rings. The zero-order valence-corrected chi connectivity index (χ0v) is 7.99. The summed E-state index contributed by atoms with van der Waals surface area (Å²) in [5.74, 6) is -0.262. The number of carbonyl (C=O) groups excluding carboxylic acids is 1. The Morgan fingerprint density at radius 2 is 2.23 bits per heavy atom. The highest BCUT2D eigenvalue weighted by molar-refractivity contribution is 6.22. The van der Waals surface area contributed by atoms with Crippen LogP contribution in [-0.4, -0.2) is 34.1 Å². The maximum atomic E-state index is 11.0. The molecule has 0 aliphatic carbocycles. The number of methoxy groups -OCH3 is 1. The predicted molar refractivity (Wildman–Crippen MR) is 49.7 cm³/mol. The Labute approximate surface area is 80.2 Å².